The topological polar surface area (TPSA) is 64.8 Å². The van der Waals surface area contributed by atoms with Gasteiger partial charge in [-0.2, -0.15) is 0 Å². The molecule has 0 aliphatic carbocycles. The van der Waals surface area contributed by atoms with Crippen LogP contribution >= 0.6 is 11.6 Å². The van der Waals surface area contributed by atoms with Gasteiger partial charge < -0.3 is 20.1 Å². The van der Waals surface area contributed by atoms with Crippen molar-refractivity contribution in [3.63, 3.8) is 0 Å². The number of hydrogen-bond acceptors (Lipinski definition) is 4. The number of nitrogens with zero attached hydrogens (tertiary/aromatic N) is 1. The number of likely N-dealkylation sites (tertiary alicyclic amines) is 1. The first kappa shape index (κ1) is 19.4. The van der Waals surface area contributed by atoms with Crippen LogP contribution in [0.2, 0.25) is 5.02 Å². The van der Waals surface area contributed by atoms with Gasteiger partial charge in [0.25, 0.3) is 5.91 Å². The van der Waals surface area contributed by atoms with E-state index in [1.165, 1.54) is 12.7 Å². The lowest BCUT2D eigenvalue weighted by atomic mass is 9.90. The van der Waals surface area contributed by atoms with E-state index < -0.39 is 0 Å². The monoisotopic (exact) mass is 388 g/mol. The SMILES string of the molecule is COc1ccc(CC2CCN(C(=O)c3cc(Cl)c(N)cc3OC)CC2)cc1. The van der Waals surface area contributed by atoms with Gasteiger partial charge in [-0.05, 0) is 48.9 Å². The highest BCUT2D eigenvalue weighted by molar-refractivity contribution is 6.33. The maximum atomic E-state index is 12.9. The molecule has 0 atom stereocenters. The van der Waals surface area contributed by atoms with E-state index in [-0.39, 0.29) is 5.91 Å². The third-order valence-corrected chi connectivity index (χ3v) is 5.46. The van der Waals surface area contributed by atoms with Crippen LogP contribution in [0.4, 0.5) is 5.69 Å². The number of rotatable bonds is 5. The molecule has 0 saturated carbocycles. The number of methoxy groups -OCH3 is 2. The molecular formula is C21H25ClN2O3. The van der Waals surface area contributed by atoms with Crippen molar-refractivity contribution in [3.05, 3.63) is 52.5 Å². The number of piperidine rings is 1. The van der Waals surface area contributed by atoms with Crippen LogP contribution in [0.1, 0.15) is 28.8 Å². The second-order valence-corrected chi connectivity index (χ2v) is 7.27. The first-order valence-electron chi connectivity index (χ1n) is 9.07. The van der Waals surface area contributed by atoms with Gasteiger partial charge >= 0.3 is 0 Å². The normalized spacial score (nSPS) is 14.9. The van der Waals surface area contributed by atoms with E-state index in [1.54, 1.807) is 19.2 Å². The van der Waals surface area contributed by atoms with E-state index in [0.29, 0.717) is 27.9 Å². The second kappa shape index (κ2) is 8.53. The molecule has 0 aromatic heterocycles. The summed E-state index contributed by atoms with van der Waals surface area (Å²) in [4.78, 5) is 14.8. The zero-order valence-corrected chi connectivity index (χ0v) is 16.5. The van der Waals surface area contributed by atoms with Crippen molar-refractivity contribution in [2.24, 2.45) is 5.92 Å². The minimum atomic E-state index is -0.0587. The lowest BCUT2D eigenvalue weighted by Gasteiger charge is -2.32. The van der Waals surface area contributed by atoms with Gasteiger partial charge in [-0.3, -0.25) is 4.79 Å². The molecule has 27 heavy (non-hydrogen) atoms. The van der Waals surface area contributed by atoms with E-state index in [0.717, 1.165) is 38.1 Å². The Bertz CT molecular complexity index is 800. The van der Waals surface area contributed by atoms with Crippen LogP contribution in [0.5, 0.6) is 11.5 Å². The molecule has 3 rings (SSSR count). The van der Waals surface area contributed by atoms with Crippen molar-refractivity contribution >= 4 is 23.2 Å². The predicted molar refractivity (Wildman–Crippen MR) is 108 cm³/mol. The fourth-order valence-corrected chi connectivity index (χ4v) is 3.67. The second-order valence-electron chi connectivity index (χ2n) is 6.86. The summed E-state index contributed by atoms with van der Waals surface area (Å²) in [7, 11) is 3.20. The standard InChI is InChI=1S/C21H25ClN2O3/c1-26-16-5-3-14(4-6-16)11-15-7-9-24(10-8-15)21(25)17-12-18(22)19(23)13-20(17)27-2/h3-6,12-13,15H,7-11,23H2,1-2H3. The molecule has 0 bridgehead atoms. The Labute approximate surface area is 165 Å². The van der Waals surface area contributed by atoms with E-state index in [1.807, 2.05) is 17.0 Å². The number of carbonyl (C=O) groups is 1. The molecule has 1 fully saturated rings. The highest BCUT2D eigenvalue weighted by Gasteiger charge is 2.26. The zero-order valence-electron chi connectivity index (χ0n) is 15.7. The third-order valence-electron chi connectivity index (χ3n) is 5.13. The van der Waals surface area contributed by atoms with Crippen molar-refractivity contribution < 1.29 is 14.3 Å². The maximum absolute atomic E-state index is 12.9. The van der Waals surface area contributed by atoms with Crippen LogP contribution in [-0.4, -0.2) is 38.1 Å². The lowest BCUT2D eigenvalue weighted by molar-refractivity contribution is 0.0687. The quantitative estimate of drug-likeness (QED) is 0.785. The van der Waals surface area contributed by atoms with Crippen molar-refractivity contribution in [3.8, 4) is 11.5 Å². The Morgan fingerprint density at radius 1 is 1.15 bits per heavy atom. The minimum absolute atomic E-state index is 0.0587. The van der Waals surface area contributed by atoms with Crippen molar-refractivity contribution in [2.45, 2.75) is 19.3 Å². The number of nitrogens with two attached hydrogens (primary N) is 1. The number of carbonyl (C=O) groups excluding carboxylic acids is 1. The third kappa shape index (κ3) is 4.48. The van der Waals surface area contributed by atoms with Crippen molar-refractivity contribution in [2.75, 3.05) is 33.0 Å². The Morgan fingerprint density at radius 2 is 1.81 bits per heavy atom. The van der Waals surface area contributed by atoms with Crippen molar-refractivity contribution in [1.82, 2.24) is 4.90 Å². The number of halogens is 1. The molecule has 2 aromatic rings. The summed E-state index contributed by atoms with van der Waals surface area (Å²) in [5.74, 6) is 1.84. The summed E-state index contributed by atoms with van der Waals surface area (Å²) >= 11 is 6.10. The zero-order chi connectivity index (χ0) is 19.4. The average Bonchev–Trinajstić information content (AvgIpc) is 2.70. The first-order valence-corrected chi connectivity index (χ1v) is 9.44. The van der Waals surface area contributed by atoms with Gasteiger partial charge in [-0.25, -0.2) is 0 Å². The van der Waals surface area contributed by atoms with E-state index in [9.17, 15) is 4.79 Å². The summed E-state index contributed by atoms with van der Waals surface area (Å²) in [6.45, 7) is 1.45. The molecule has 0 radical (unpaired) electrons. The van der Waals surface area contributed by atoms with Gasteiger partial charge in [-0.15, -0.1) is 0 Å². The molecule has 2 N–H and O–H groups in total. The fraction of sp³-hybridized carbons (Fsp3) is 0.381. The number of anilines is 1. The molecule has 144 valence electrons. The maximum Gasteiger partial charge on any atom is 0.257 e. The van der Waals surface area contributed by atoms with Crippen LogP contribution in [-0.2, 0) is 6.42 Å². The highest BCUT2D eigenvalue weighted by atomic mass is 35.5. The largest absolute Gasteiger partial charge is 0.497 e. The Hall–Kier alpha value is -2.40. The molecule has 1 amide bonds. The Kier molecular flexibility index (Phi) is 6.11. The molecule has 2 aromatic carbocycles. The van der Waals surface area contributed by atoms with Crippen LogP contribution in [0.15, 0.2) is 36.4 Å². The Morgan fingerprint density at radius 3 is 2.41 bits per heavy atom. The van der Waals surface area contributed by atoms with Gasteiger partial charge in [0.2, 0.25) is 0 Å². The van der Waals surface area contributed by atoms with E-state index in [2.05, 4.69) is 12.1 Å². The summed E-state index contributed by atoms with van der Waals surface area (Å²) in [6.07, 6.45) is 2.97. The molecule has 1 heterocycles. The van der Waals surface area contributed by atoms with Gasteiger partial charge in [0.1, 0.15) is 11.5 Å². The highest BCUT2D eigenvalue weighted by Crippen LogP contribution is 2.31. The van der Waals surface area contributed by atoms with Crippen molar-refractivity contribution in [1.29, 1.82) is 0 Å². The molecular weight excluding hydrogens is 364 g/mol. The molecule has 1 aliphatic rings. The number of benzene rings is 2. The molecule has 1 aliphatic heterocycles. The first-order chi connectivity index (χ1) is 13.0. The van der Waals surface area contributed by atoms with Crippen LogP contribution in [0, 0.1) is 5.92 Å². The molecule has 0 spiro atoms. The van der Waals surface area contributed by atoms with Crippen LogP contribution < -0.4 is 15.2 Å². The number of ether oxygens (including phenoxy) is 2. The predicted octanol–water partition coefficient (Wildman–Crippen LogP) is 4.03. The fourth-order valence-electron chi connectivity index (χ4n) is 3.51. The lowest BCUT2D eigenvalue weighted by Crippen LogP contribution is -2.39. The van der Waals surface area contributed by atoms with Gasteiger partial charge in [0, 0.05) is 19.2 Å². The van der Waals surface area contributed by atoms with E-state index >= 15 is 0 Å². The van der Waals surface area contributed by atoms with Crippen LogP contribution in [0.25, 0.3) is 0 Å². The Balaban J connectivity index is 1.61. The minimum Gasteiger partial charge on any atom is -0.497 e. The van der Waals surface area contributed by atoms with Gasteiger partial charge in [-0.1, -0.05) is 23.7 Å². The summed E-state index contributed by atoms with van der Waals surface area (Å²) in [5.41, 5.74) is 7.98. The number of amides is 1. The molecule has 1 saturated heterocycles. The van der Waals surface area contributed by atoms with E-state index in [4.69, 9.17) is 26.8 Å². The van der Waals surface area contributed by atoms with Crippen LogP contribution in [0.3, 0.4) is 0 Å². The summed E-state index contributed by atoms with van der Waals surface area (Å²) in [6, 6.07) is 11.4. The average molecular weight is 389 g/mol. The summed E-state index contributed by atoms with van der Waals surface area (Å²) in [5, 5.41) is 0.369. The summed E-state index contributed by atoms with van der Waals surface area (Å²) < 4.78 is 10.5. The number of nitrogen functional groups attached to an aromatic ring is 1. The smallest absolute Gasteiger partial charge is 0.257 e. The molecule has 0 unspecified atom stereocenters. The van der Waals surface area contributed by atoms with Gasteiger partial charge in [0.05, 0.1) is 30.5 Å². The molecule has 6 heteroatoms. The number of hydrogen-bond donors (Lipinski definition) is 1. The van der Waals surface area contributed by atoms with Gasteiger partial charge in [0.15, 0.2) is 0 Å². The molecule has 5 nitrogen and oxygen atoms in total.